The van der Waals surface area contributed by atoms with Gasteiger partial charge in [-0.1, -0.05) is 17.8 Å². The summed E-state index contributed by atoms with van der Waals surface area (Å²) >= 11 is 1.38. The lowest BCUT2D eigenvalue weighted by molar-refractivity contribution is -0.131. The van der Waals surface area contributed by atoms with Crippen molar-refractivity contribution in [2.75, 3.05) is 0 Å². The maximum Gasteiger partial charge on any atom is 0.328 e. The van der Waals surface area contributed by atoms with Crippen LogP contribution in [0.1, 0.15) is 17.0 Å². The van der Waals surface area contributed by atoms with Crippen molar-refractivity contribution in [2.45, 2.75) is 17.8 Å². The SMILES string of the molecule is Cc1nc(SCc2cc(F)cc(C=CC(=O)O)c2)n[nH]1. The van der Waals surface area contributed by atoms with Crippen molar-refractivity contribution in [3.63, 3.8) is 0 Å². The van der Waals surface area contributed by atoms with Crippen LogP contribution in [0.4, 0.5) is 4.39 Å². The summed E-state index contributed by atoms with van der Waals surface area (Å²) in [6.07, 6.45) is 2.33. The summed E-state index contributed by atoms with van der Waals surface area (Å²) in [5.41, 5.74) is 1.25. The molecule has 0 saturated heterocycles. The molecule has 20 heavy (non-hydrogen) atoms. The van der Waals surface area contributed by atoms with Crippen LogP contribution >= 0.6 is 11.8 Å². The molecule has 0 unspecified atom stereocenters. The third-order valence-corrected chi connectivity index (χ3v) is 3.26. The second-order valence-electron chi connectivity index (χ2n) is 4.06. The quantitative estimate of drug-likeness (QED) is 0.654. The summed E-state index contributed by atoms with van der Waals surface area (Å²) < 4.78 is 13.5. The number of hydrogen-bond acceptors (Lipinski definition) is 4. The van der Waals surface area contributed by atoms with Crippen molar-refractivity contribution in [1.29, 1.82) is 0 Å². The second-order valence-corrected chi connectivity index (χ2v) is 5.00. The van der Waals surface area contributed by atoms with Crippen LogP contribution in [0, 0.1) is 12.7 Å². The molecule has 1 heterocycles. The van der Waals surface area contributed by atoms with E-state index in [9.17, 15) is 9.18 Å². The lowest BCUT2D eigenvalue weighted by atomic mass is 10.1. The Labute approximate surface area is 118 Å². The van der Waals surface area contributed by atoms with Crippen molar-refractivity contribution in [3.05, 3.63) is 47.0 Å². The molecule has 0 aliphatic carbocycles. The third kappa shape index (κ3) is 4.20. The number of halogens is 1. The van der Waals surface area contributed by atoms with E-state index in [2.05, 4.69) is 15.2 Å². The summed E-state index contributed by atoms with van der Waals surface area (Å²) in [5.74, 6) is -0.249. The van der Waals surface area contributed by atoms with Gasteiger partial charge in [-0.05, 0) is 36.3 Å². The van der Waals surface area contributed by atoms with Crippen molar-refractivity contribution in [3.8, 4) is 0 Å². The Morgan fingerprint density at radius 3 is 2.95 bits per heavy atom. The van der Waals surface area contributed by atoms with Gasteiger partial charge < -0.3 is 5.11 Å². The first-order chi connectivity index (χ1) is 9.52. The van der Waals surface area contributed by atoms with Gasteiger partial charge >= 0.3 is 5.97 Å². The Bertz CT molecular complexity index is 655. The minimum absolute atomic E-state index is 0.403. The normalized spacial score (nSPS) is 11.1. The van der Waals surface area contributed by atoms with Crippen LogP contribution in [0.2, 0.25) is 0 Å². The molecule has 1 aromatic carbocycles. The molecule has 0 radical (unpaired) electrons. The number of benzene rings is 1. The number of carboxylic acid groups (broad SMARTS) is 1. The zero-order valence-electron chi connectivity index (χ0n) is 10.6. The van der Waals surface area contributed by atoms with E-state index in [1.54, 1.807) is 13.0 Å². The molecule has 0 aliphatic heterocycles. The molecule has 0 spiro atoms. The number of carbonyl (C=O) groups is 1. The van der Waals surface area contributed by atoms with Gasteiger partial charge in [0.25, 0.3) is 0 Å². The average Bonchev–Trinajstić information content (AvgIpc) is 2.79. The molecule has 2 N–H and O–H groups in total. The topological polar surface area (TPSA) is 78.9 Å². The highest BCUT2D eigenvalue weighted by atomic mass is 32.2. The Hall–Kier alpha value is -2.15. The van der Waals surface area contributed by atoms with Gasteiger partial charge in [0.05, 0.1) is 0 Å². The molecular weight excluding hydrogens is 281 g/mol. The number of aryl methyl sites for hydroxylation is 1. The Morgan fingerprint density at radius 1 is 1.50 bits per heavy atom. The zero-order valence-corrected chi connectivity index (χ0v) is 11.4. The molecule has 1 aromatic heterocycles. The lowest BCUT2D eigenvalue weighted by Crippen LogP contribution is -1.89. The van der Waals surface area contributed by atoms with E-state index >= 15 is 0 Å². The minimum atomic E-state index is -1.07. The van der Waals surface area contributed by atoms with Gasteiger partial charge in [0.1, 0.15) is 11.6 Å². The monoisotopic (exact) mass is 293 g/mol. The number of carboxylic acids is 1. The van der Waals surface area contributed by atoms with Crippen LogP contribution in [-0.4, -0.2) is 26.3 Å². The van der Waals surface area contributed by atoms with Crippen LogP contribution in [0.15, 0.2) is 29.4 Å². The van der Waals surface area contributed by atoms with E-state index in [0.717, 1.165) is 17.5 Å². The van der Waals surface area contributed by atoms with Crippen molar-refractivity contribution in [2.24, 2.45) is 0 Å². The molecule has 0 saturated carbocycles. The van der Waals surface area contributed by atoms with Crippen molar-refractivity contribution < 1.29 is 14.3 Å². The van der Waals surface area contributed by atoms with Crippen LogP contribution in [0.5, 0.6) is 0 Å². The number of nitrogens with one attached hydrogen (secondary N) is 1. The van der Waals surface area contributed by atoms with Crippen LogP contribution in [0.3, 0.4) is 0 Å². The maximum absolute atomic E-state index is 13.5. The fourth-order valence-corrected chi connectivity index (χ4v) is 2.33. The van der Waals surface area contributed by atoms with Crippen LogP contribution in [-0.2, 0) is 10.5 Å². The highest BCUT2D eigenvalue weighted by molar-refractivity contribution is 7.98. The van der Waals surface area contributed by atoms with Gasteiger partial charge in [0.15, 0.2) is 0 Å². The summed E-state index contributed by atoms with van der Waals surface area (Å²) in [5, 5.41) is 15.9. The largest absolute Gasteiger partial charge is 0.478 e. The molecule has 2 aromatic rings. The molecular formula is C13H12FN3O2S. The molecule has 0 amide bonds. The summed E-state index contributed by atoms with van der Waals surface area (Å²) in [6.45, 7) is 1.80. The zero-order chi connectivity index (χ0) is 14.5. The minimum Gasteiger partial charge on any atom is -0.478 e. The van der Waals surface area contributed by atoms with E-state index in [1.807, 2.05) is 0 Å². The van der Waals surface area contributed by atoms with Gasteiger partial charge in [0.2, 0.25) is 5.16 Å². The van der Waals surface area contributed by atoms with Crippen molar-refractivity contribution in [1.82, 2.24) is 15.2 Å². The Morgan fingerprint density at radius 2 is 2.30 bits per heavy atom. The molecule has 2 rings (SSSR count). The van der Waals surface area contributed by atoms with Gasteiger partial charge in [-0.25, -0.2) is 14.2 Å². The number of thioether (sulfide) groups is 1. The molecule has 0 fully saturated rings. The number of H-pyrrole nitrogens is 1. The fourth-order valence-electron chi connectivity index (χ4n) is 1.56. The fraction of sp³-hybridized carbons (Fsp3) is 0.154. The Kier molecular flexibility index (Phi) is 4.52. The second kappa shape index (κ2) is 6.33. The number of aromatic nitrogens is 3. The molecule has 0 atom stereocenters. The first-order valence-corrected chi connectivity index (χ1v) is 6.74. The highest BCUT2D eigenvalue weighted by Gasteiger charge is 2.04. The summed E-state index contributed by atoms with van der Waals surface area (Å²) in [4.78, 5) is 14.6. The van der Waals surface area contributed by atoms with Gasteiger partial charge in [-0.15, -0.1) is 5.10 Å². The van der Waals surface area contributed by atoms with E-state index in [1.165, 1.54) is 30.0 Å². The van der Waals surface area contributed by atoms with E-state index in [0.29, 0.717) is 16.5 Å². The standard InChI is InChI=1S/C13H12FN3O2S/c1-8-15-13(17-16-8)20-7-10-4-9(2-3-12(18)19)5-11(14)6-10/h2-6H,7H2,1H3,(H,18,19)(H,15,16,17). The molecule has 104 valence electrons. The van der Waals surface area contributed by atoms with Gasteiger partial charge in [-0.2, -0.15) is 0 Å². The number of aliphatic carboxylic acids is 1. The van der Waals surface area contributed by atoms with E-state index < -0.39 is 11.8 Å². The number of nitrogens with zero attached hydrogens (tertiary/aromatic N) is 2. The predicted octanol–water partition coefficient (Wildman–Crippen LogP) is 2.64. The number of rotatable bonds is 5. The molecule has 7 heteroatoms. The first-order valence-electron chi connectivity index (χ1n) is 5.75. The lowest BCUT2D eigenvalue weighted by Gasteiger charge is -2.02. The Balaban J connectivity index is 2.09. The van der Waals surface area contributed by atoms with Crippen molar-refractivity contribution >= 4 is 23.8 Å². The molecule has 5 nitrogen and oxygen atoms in total. The molecule has 0 bridgehead atoms. The first kappa shape index (κ1) is 14.3. The summed E-state index contributed by atoms with van der Waals surface area (Å²) in [7, 11) is 0. The van der Waals surface area contributed by atoms with E-state index in [4.69, 9.17) is 5.11 Å². The predicted molar refractivity (Wildman–Crippen MR) is 73.8 cm³/mol. The maximum atomic E-state index is 13.5. The van der Waals surface area contributed by atoms with Gasteiger partial charge in [-0.3, -0.25) is 5.10 Å². The summed E-state index contributed by atoms with van der Waals surface area (Å²) in [6, 6.07) is 4.42. The van der Waals surface area contributed by atoms with E-state index in [-0.39, 0.29) is 0 Å². The third-order valence-electron chi connectivity index (χ3n) is 2.34. The van der Waals surface area contributed by atoms with Gasteiger partial charge in [0, 0.05) is 11.8 Å². The average molecular weight is 293 g/mol. The van der Waals surface area contributed by atoms with Crippen LogP contribution in [0.25, 0.3) is 6.08 Å². The molecule has 0 aliphatic rings. The van der Waals surface area contributed by atoms with Crippen LogP contribution < -0.4 is 0 Å². The highest BCUT2D eigenvalue weighted by Crippen LogP contribution is 2.21. The number of hydrogen-bond donors (Lipinski definition) is 2. The smallest absolute Gasteiger partial charge is 0.328 e. The number of aromatic amines is 1.